The van der Waals surface area contributed by atoms with E-state index in [0.29, 0.717) is 25.7 Å². The Hall–Kier alpha value is -0.585. The molecule has 1 aliphatic rings. The van der Waals surface area contributed by atoms with Gasteiger partial charge in [-0.2, -0.15) is 0 Å². The van der Waals surface area contributed by atoms with Gasteiger partial charge < -0.3 is 21.1 Å². The zero-order valence-corrected chi connectivity index (χ0v) is 8.20. The van der Waals surface area contributed by atoms with Crippen LogP contribution in [-0.4, -0.2) is 36.2 Å². The molecule has 0 aromatic carbocycles. The summed E-state index contributed by atoms with van der Waals surface area (Å²) in [4.78, 5) is 11.3. The number of nitrogens with one attached hydrogen (secondary N) is 1. The Morgan fingerprint density at radius 1 is 1.57 bits per heavy atom. The molecule has 80 valence electrons. The second kappa shape index (κ2) is 4.77. The van der Waals surface area contributed by atoms with Crippen LogP contribution in [0.4, 0.5) is 0 Å². The second-order valence-corrected chi connectivity index (χ2v) is 3.94. The lowest BCUT2D eigenvalue weighted by Crippen LogP contribution is -2.39. The van der Waals surface area contributed by atoms with Crippen molar-refractivity contribution >= 4 is 13.0 Å². The van der Waals surface area contributed by atoms with Crippen molar-refractivity contribution in [2.75, 3.05) is 13.1 Å². The van der Waals surface area contributed by atoms with Gasteiger partial charge in [0.25, 0.3) is 0 Å². The molecule has 0 aliphatic carbocycles. The molecular formula is C8H17BN2O3. The molecule has 0 saturated carbocycles. The Morgan fingerprint density at radius 2 is 2.29 bits per heavy atom. The van der Waals surface area contributed by atoms with E-state index in [1.807, 2.05) is 0 Å². The number of hydrogen-bond donors (Lipinski definition) is 4. The van der Waals surface area contributed by atoms with Crippen LogP contribution < -0.4 is 11.1 Å². The molecule has 1 heterocycles. The maximum atomic E-state index is 11.3. The van der Waals surface area contributed by atoms with Crippen LogP contribution in [0.25, 0.3) is 0 Å². The lowest BCUT2D eigenvalue weighted by molar-refractivity contribution is -0.127. The predicted molar refractivity (Wildman–Crippen MR) is 53.3 cm³/mol. The zero-order chi connectivity index (χ0) is 10.6. The number of amides is 1. The van der Waals surface area contributed by atoms with E-state index in [2.05, 4.69) is 5.32 Å². The second-order valence-electron chi connectivity index (χ2n) is 3.94. The predicted octanol–water partition coefficient (Wildman–Crippen LogP) is -1.30. The van der Waals surface area contributed by atoms with E-state index in [4.69, 9.17) is 15.8 Å². The summed E-state index contributed by atoms with van der Waals surface area (Å²) >= 11 is 0. The molecular weight excluding hydrogens is 183 g/mol. The Kier molecular flexibility index (Phi) is 3.91. The average molecular weight is 200 g/mol. The van der Waals surface area contributed by atoms with Gasteiger partial charge in [0, 0.05) is 6.54 Å². The van der Waals surface area contributed by atoms with Crippen LogP contribution in [0, 0.1) is 5.41 Å². The molecule has 0 aromatic heterocycles. The Labute approximate surface area is 83.8 Å². The van der Waals surface area contributed by atoms with Gasteiger partial charge in [-0.3, -0.25) is 4.79 Å². The van der Waals surface area contributed by atoms with Crippen LogP contribution in [0.1, 0.15) is 19.3 Å². The third kappa shape index (κ3) is 2.70. The SMILES string of the molecule is NC(=O)[C@@]1(CCCB(O)O)CCNC1. The van der Waals surface area contributed by atoms with Crippen LogP contribution in [-0.2, 0) is 4.79 Å². The number of hydrogen-bond acceptors (Lipinski definition) is 4. The fourth-order valence-electron chi connectivity index (χ4n) is 1.91. The van der Waals surface area contributed by atoms with E-state index in [9.17, 15) is 4.79 Å². The third-order valence-electron chi connectivity index (χ3n) is 2.88. The first-order valence-corrected chi connectivity index (χ1v) is 4.94. The van der Waals surface area contributed by atoms with Crippen molar-refractivity contribution in [1.29, 1.82) is 0 Å². The molecule has 0 bridgehead atoms. The standard InChI is InChI=1S/C8H17BN2O3/c10-7(12)8(3-5-11-6-8)2-1-4-9(13)14/h11,13-14H,1-6H2,(H2,10,12)/t8-/m0/s1. The molecule has 1 rings (SSSR count). The van der Waals surface area contributed by atoms with E-state index in [0.717, 1.165) is 13.0 Å². The fraction of sp³-hybridized carbons (Fsp3) is 0.875. The summed E-state index contributed by atoms with van der Waals surface area (Å²) in [7, 11) is -1.28. The smallest absolute Gasteiger partial charge is 0.427 e. The lowest BCUT2D eigenvalue weighted by atomic mass is 9.76. The molecule has 1 fully saturated rings. The van der Waals surface area contributed by atoms with Crippen molar-refractivity contribution in [1.82, 2.24) is 5.32 Å². The van der Waals surface area contributed by atoms with Gasteiger partial charge in [-0.1, -0.05) is 6.42 Å². The normalized spacial score (nSPS) is 26.4. The lowest BCUT2D eigenvalue weighted by Gasteiger charge is -2.23. The van der Waals surface area contributed by atoms with E-state index < -0.39 is 12.5 Å². The summed E-state index contributed by atoms with van der Waals surface area (Å²) in [5, 5.41) is 20.5. The van der Waals surface area contributed by atoms with Gasteiger partial charge in [0.1, 0.15) is 0 Å². The van der Waals surface area contributed by atoms with Gasteiger partial charge in [-0.25, -0.2) is 0 Å². The number of carbonyl (C=O) groups is 1. The first kappa shape index (κ1) is 11.5. The van der Waals surface area contributed by atoms with Crippen LogP contribution in [0.2, 0.25) is 6.32 Å². The van der Waals surface area contributed by atoms with Crippen LogP contribution in [0.3, 0.4) is 0 Å². The number of primary amides is 1. The van der Waals surface area contributed by atoms with Gasteiger partial charge in [-0.15, -0.1) is 0 Å². The first-order chi connectivity index (χ1) is 6.57. The Morgan fingerprint density at radius 3 is 2.71 bits per heavy atom. The van der Waals surface area contributed by atoms with E-state index in [1.54, 1.807) is 0 Å². The molecule has 6 heteroatoms. The van der Waals surface area contributed by atoms with Crippen molar-refractivity contribution in [3.05, 3.63) is 0 Å². The molecule has 1 atom stereocenters. The largest absolute Gasteiger partial charge is 0.451 e. The average Bonchev–Trinajstić information content (AvgIpc) is 2.53. The minimum atomic E-state index is -1.28. The van der Waals surface area contributed by atoms with E-state index >= 15 is 0 Å². The minimum absolute atomic E-state index is 0.282. The van der Waals surface area contributed by atoms with Gasteiger partial charge in [0.15, 0.2) is 0 Å². The number of carbonyl (C=O) groups excluding carboxylic acids is 1. The highest BCUT2D eigenvalue weighted by Crippen LogP contribution is 2.31. The fourth-order valence-corrected chi connectivity index (χ4v) is 1.91. The maximum Gasteiger partial charge on any atom is 0.451 e. The quantitative estimate of drug-likeness (QED) is 0.415. The topological polar surface area (TPSA) is 95.6 Å². The van der Waals surface area contributed by atoms with Gasteiger partial charge in [0.05, 0.1) is 5.41 Å². The molecule has 14 heavy (non-hydrogen) atoms. The van der Waals surface area contributed by atoms with Crippen molar-refractivity contribution in [2.45, 2.75) is 25.6 Å². The Bertz CT molecular complexity index is 205. The maximum absolute atomic E-state index is 11.3. The highest BCUT2D eigenvalue weighted by molar-refractivity contribution is 6.40. The van der Waals surface area contributed by atoms with Gasteiger partial charge >= 0.3 is 7.12 Å². The van der Waals surface area contributed by atoms with Gasteiger partial charge in [0.2, 0.25) is 5.91 Å². The molecule has 1 amide bonds. The summed E-state index contributed by atoms with van der Waals surface area (Å²) in [6.07, 6.45) is 2.30. The zero-order valence-electron chi connectivity index (χ0n) is 8.20. The molecule has 1 saturated heterocycles. The van der Waals surface area contributed by atoms with Crippen molar-refractivity contribution in [2.24, 2.45) is 11.1 Å². The molecule has 0 spiro atoms. The summed E-state index contributed by atoms with van der Waals surface area (Å²) in [5.41, 5.74) is 4.88. The molecule has 5 nitrogen and oxygen atoms in total. The molecule has 0 unspecified atom stereocenters. The van der Waals surface area contributed by atoms with E-state index in [1.165, 1.54) is 0 Å². The first-order valence-electron chi connectivity index (χ1n) is 4.94. The van der Waals surface area contributed by atoms with Crippen molar-refractivity contribution in [3.63, 3.8) is 0 Å². The highest BCUT2D eigenvalue weighted by Gasteiger charge is 2.38. The number of nitrogens with two attached hydrogens (primary N) is 1. The Balaban J connectivity index is 2.40. The summed E-state index contributed by atoms with van der Waals surface area (Å²) in [5.74, 6) is -0.282. The summed E-state index contributed by atoms with van der Waals surface area (Å²) in [6, 6.07) is 0. The van der Waals surface area contributed by atoms with Crippen molar-refractivity contribution < 1.29 is 14.8 Å². The van der Waals surface area contributed by atoms with Crippen LogP contribution in [0.5, 0.6) is 0 Å². The molecule has 0 aromatic rings. The van der Waals surface area contributed by atoms with Crippen molar-refractivity contribution in [3.8, 4) is 0 Å². The minimum Gasteiger partial charge on any atom is -0.427 e. The van der Waals surface area contributed by atoms with E-state index in [-0.39, 0.29) is 5.91 Å². The summed E-state index contributed by atoms with van der Waals surface area (Å²) < 4.78 is 0. The monoisotopic (exact) mass is 200 g/mol. The van der Waals surface area contributed by atoms with Crippen LogP contribution >= 0.6 is 0 Å². The summed E-state index contributed by atoms with van der Waals surface area (Å²) in [6.45, 7) is 1.43. The highest BCUT2D eigenvalue weighted by atomic mass is 16.4. The molecule has 0 radical (unpaired) electrons. The van der Waals surface area contributed by atoms with Crippen LogP contribution in [0.15, 0.2) is 0 Å². The third-order valence-corrected chi connectivity index (χ3v) is 2.88. The molecule has 1 aliphatic heterocycles. The van der Waals surface area contributed by atoms with Gasteiger partial charge in [-0.05, 0) is 25.7 Å². The molecule has 5 N–H and O–H groups in total. The number of rotatable bonds is 5.